The molecule has 6 heteroatoms. The third-order valence-corrected chi connectivity index (χ3v) is 4.09. The second kappa shape index (κ2) is 6.79. The fourth-order valence-electron chi connectivity index (χ4n) is 2.07. The number of nitrogens with one attached hydrogen (secondary N) is 2. The Balaban J connectivity index is 2.00. The first-order valence-electron chi connectivity index (χ1n) is 6.93. The van der Waals surface area contributed by atoms with Gasteiger partial charge in [-0.2, -0.15) is 0 Å². The molecule has 5 nitrogen and oxygen atoms in total. The van der Waals surface area contributed by atoms with Gasteiger partial charge in [-0.05, 0) is 51.0 Å². The van der Waals surface area contributed by atoms with Crippen LogP contribution >= 0.6 is 11.8 Å². The van der Waals surface area contributed by atoms with Crippen LogP contribution in [0.4, 0.5) is 5.69 Å². The van der Waals surface area contributed by atoms with Crippen molar-refractivity contribution in [2.45, 2.75) is 32.9 Å². The molecule has 1 aromatic heterocycles. The van der Waals surface area contributed by atoms with Crippen molar-refractivity contribution >= 4 is 23.4 Å². The van der Waals surface area contributed by atoms with Gasteiger partial charge in [0.1, 0.15) is 0 Å². The molecule has 0 fully saturated rings. The molecule has 0 aliphatic carbocycles. The lowest BCUT2D eigenvalue weighted by atomic mass is 10.1. The van der Waals surface area contributed by atoms with Crippen molar-refractivity contribution in [1.82, 2.24) is 9.97 Å². The van der Waals surface area contributed by atoms with Crippen LogP contribution in [0.3, 0.4) is 0 Å². The number of carbonyl (C=O) groups excluding carboxylic acids is 1. The second-order valence-corrected chi connectivity index (χ2v) is 6.26. The van der Waals surface area contributed by atoms with Gasteiger partial charge < -0.3 is 10.3 Å². The number of H-pyrrole nitrogens is 1. The number of anilines is 1. The highest BCUT2D eigenvalue weighted by Gasteiger charge is 2.08. The van der Waals surface area contributed by atoms with E-state index < -0.39 is 0 Å². The van der Waals surface area contributed by atoms with Crippen LogP contribution in [0.5, 0.6) is 0 Å². The molecule has 2 aromatic rings. The third-order valence-electron chi connectivity index (χ3n) is 3.22. The monoisotopic (exact) mass is 317 g/mol. The first kappa shape index (κ1) is 16.3. The van der Waals surface area contributed by atoms with Gasteiger partial charge in [0.05, 0.1) is 5.75 Å². The average molecular weight is 317 g/mol. The fraction of sp³-hybridized carbons (Fsp3) is 0.312. The Morgan fingerprint density at radius 2 is 1.82 bits per heavy atom. The predicted octanol–water partition coefficient (Wildman–Crippen LogP) is 2.73. The molecule has 0 atom stereocenters. The number of hydrogen-bond acceptors (Lipinski definition) is 4. The van der Waals surface area contributed by atoms with Crippen LogP contribution in [0.25, 0.3) is 0 Å². The van der Waals surface area contributed by atoms with Crippen molar-refractivity contribution in [2.75, 3.05) is 11.1 Å². The number of nitrogens with zero attached hydrogens (tertiary/aromatic N) is 1. The molecule has 0 spiro atoms. The quantitative estimate of drug-likeness (QED) is 0.671. The molecule has 2 N–H and O–H groups in total. The number of hydrogen-bond donors (Lipinski definition) is 2. The average Bonchev–Trinajstić information content (AvgIpc) is 2.41. The minimum absolute atomic E-state index is 0.129. The maximum atomic E-state index is 12.0. The van der Waals surface area contributed by atoms with E-state index in [1.54, 1.807) is 13.8 Å². The number of aromatic nitrogens is 2. The van der Waals surface area contributed by atoms with Gasteiger partial charge in [0.25, 0.3) is 5.56 Å². The zero-order valence-electron chi connectivity index (χ0n) is 13.1. The Morgan fingerprint density at radius 3 is 2.41 bits per heavy atom. The molecule has 2 rings (SSSR count). The standard InChI is InChI=1S/C16H19N3O2S/c1-9-5-10(2)7-13(6-9)18-14(20)8-22-16-17-12(4)11(3)15(21)19-16/h5-7H,8H2,1-4H3,(H,18,20)(H,17,19,21). The zero-order valence-corrected chi connectivity index (χ0v) is 13.9. The highest BCUT2D eigenvalue weighted by atomic mass is 32.2. The largest absolute Gasteiger partial charge is 0.325 e. The van der Waals surface area contributed by atoms with Gasteiger partial charge in [0.15, 0.2) is 5.16 Å². The van der Waals surface area contributed by atoms with Gasteiger partial charge in [-0.3, -0.25) is 9.59 Å². The SMILES string of the molecule is Cc1cc(C)cc(NC(=O)CSc2nc(C)c(C)c(=O)[nH]2)c1. The van der Waals surface area contributed by atoms with E-state index in [2.05, 4.69) is 15.3 Å². The Morgan fingerprint density at radius 1 is 1.18 bits per heavy atom. The van der Waals surface area contributed by atoms with Crippen molar-refractivity contribution in [3.8, 4) is 0 Å². The summed E-state index contributed by atoms with van der Waals surface area (Å²) < 4.78 is 0. The smallest absolute Gasteiger partial charge is 0.254 e. The summed E-state index contributed by atoms with van der Waals surface area (Å²) in [4.78, 5) is 30.6. The lowest BCUT2D eigenvalue weighted by molar-refractivity contribution is -0.113. The second-order valence-electron chi connectivity index (χ2n) is 5.29. The lowest BCUT2D eigenvalue weighted by Crippen LogP contribution is -2.17. The topological polar surface area (TPSA) is 74.8 Å². The number of amides is 1. The van der Waals surface area contributed by atoms with E-state index in [-0.39, 0.29) is 17.2 Å². The van der Waals surface area contributed by atoms with E-state index in [0.717, 1.165) is 16.8 Å². The summed E-state index contributed by atoms with van der Waals surface area (Å²) in [5.41, 5.74) is 4.10. The molecule has 0 unspecified atom stereocenters. The van der Waals surface area contributed by atoms with E-state index >= 15 is 0 Å². The van der Waals surface area contributed by atoms with Crippen molar-refractivity contribution in [3.63, 3.8) is 0 Å². The number of thioether (sulfide) groups is 1. The Labute approximate surface area is 133 Å². The minimum Gasteiger partial charge on any atom is -0.325 e. The summed E-state index contributed by atoms with van der Waals surface area (Å²) >= 11 is 1.21. The van der Waals surface area contributed by atoms with Crippen molar-refractivity contribution in [3.05, 3.63) is 50.9 Å². The van der Waals surface area contributed by atoms with Gasteiger partial charge in [0.2, 0.25) is 5.91 Å². The zero-order chi connectivity index (χ0) is 16.3. The summed E-state index contributed by atoms with van der Waals surface area (Å²) in [5, 5.41) is 3.32. The predicted molar refractivity (Wildman–Crippen MR) is 89.6 cm³/mol. The first-order valence-corrected chi connectivity index (χ1v) is 7.92. The lowest BCUT2D eigenvalue weighted by Gasteiger charge is -2.08. The van der Waals surface area contributed by atoms with Crippen LogP contribution in [-0.4, -0.2) is 21.6 Å². The highest BCUT2D eigenvalue weighted by molar-refractivity contribution is 7.99. The number of aryl methyl sites for hydroxylation is 3. The minimum atomic E-state index is -0.162. The van der Waals surface area contributed by atoms with Gasteiger partial charge >= 0.3 is 0 Å². The Bertz CT molecular complexity index is 748. The molecule has 1 amide bonds. The van der Waals surface area contributed by atoms with Gasteiger partial charge in [-0.15, -0.1) is 0 Å². The highest BCUT2D eigenvalue weighted by Crippen LogP contribution is 2.16. The van der Waals surface area contributed by atoms with E-state index in [1.807, 2.05) is 32.0 Å². The fourth-order valence-corrected chi connectivity index (χ4v) is 2.77. The number of benzene rings is 1. The van der Waals surface area contributed by atoms with E-state index in [1.165, 1.54) is 11.8 Å². The molecule has 0 saturated carbocycles. The molecule has 0 aliphatic rings. The van der Waals surface area contributed by atoms with Gasteiger partial charge in [-0.1, -0.05) is 17.8 Å². The maximum Gasteiger partial charge on any atom is 0.254 e. The molecule has 1 aromatic carbocycles. The van der Waals surface area contributed by atoms with Gasteiger partial charge in [0, 0.05) is 16.9 Å². The van der Waals surface area contributed by atoms with E-state index in [9.17, 15) is 9.59 Å². The Hall–Kier alpha value is -2.08. The number of rotatable bonds is 4. The Kier molecular flexibility index (Phi) is 5.03. The molecule has 0 aliphatic heterocycles. The summed E-state index contributed by atoms with van der Waals surface area (Å²) in [6.45, 7) is 7.48. The van der Waals surface area contributed by atoms with Gasteiger partial charge in [-0.25, -0.2) is 4.98 Å². The third kappa shape index (κ3) is 4.21. The van der Waals surface area contributed by atoms with Crippen LogP contribution in [-0.2, 0) is 4.79 Å². The number of aromatic amines is 1. The molecule has 0 bridgehead atoms. The maximum absolute atomic E-state index is 12.0. The van der Waals surface area contributed by atoms with Crippen molar-refractivity contribution < 1.29 is 4.79 Å². The number of carbonyl (C=O) groups is 1. The molecule has 1 heterocycles. The normalized spacial score (nSPS) is 10.5. The van der Waals surface area contributed by atoms with Crippen LogP contribution in [0, 0.1) is 27.7 Å². The summed E-state index contributed by atoms with van der Waals surface area (Å²) in [6.07, 6.45) is 0. The molecular weight excluding hydrogens is 298 g/mol. The van der Waals surface area contributed by atoms with Crippen molar-refractivity contribution in [2.24, 2.45) is 0 Å². The first-order chi connectivity index (χ1) is 10.3. The molecule has 22 heavy (non-hydrogen) atoms. The van der Waals surface area contributed by atoms with Crippen LogP contribution in [0.1, 0.15) is 22.4 Å². The van der Waals surface area contributed by atoms with E-state index in [4.69, 9.17) is 0 Å². The summed E-state index contributed by atoms with van der Waals surface area (Å²) in [6, 6.07) is 5.89. The molecular formula is C16H19N3O2S. The summed E-state index contributed by atoms with van der Waals surface area (Å²) in [5.74, 6) is 0.0641. The van der Waals surface area contributed by atoms with Crippen molar-refractivity contribution in [1.29, 1.82) is 0 Å². The molecule has 0 saturated heterocycles. The summed E-state index contributed by atoms with van der Waals surface area (Å²) in [7, 11) is 0. The van der Waals surface area contributed by atoms with E-state index in [0.29, 0.717) is 16.4 Å². The molecule has 116 valence electrons. The van der Waals surface area contributed by atoms with Crippen LogP contribution in [0.2, 0.25) is 0 Å². The molecule has 0 radical (unpaired) electrons. The van der Waals surface area contributed by atoms with Crippen LogP contribution in [0.15, 0.2) is 28.2 Å². The van der Waals surface area contributed by atoms with Crippen LogP contribution < -0.4 is 10.9 Å².